The van der Waals surface area contributed by atoms with Gasteiger partial charge in [0.2, 0.25) is 0 Å². The highest BCUT2D eigenvalue weighted by molar-refractivity contribution is 8.15. The van der Waals surface area contributed by atoms with Crippen LogP contribution in [0, 0.1) is 0 Å². The van der Waals surface area contributed by atoms with Gasteiger partial charge in [-0.15, -0.1) is 0 Å². The Bertz CT molecular complexity index is 361. The number of ether oxygens (including phenoxy) is 1. The van der Waals surface area contributed by atoms with Gasteiger partial charge in [-0.3, -0.25) is 4.79 Å². The first-order valence-corrected chi connectivity index (χ1v) is 6.45. The quantitative estimate of drug-likeness (QED) is 0.334. The zero-order chi connectivity index (χ0) is 12.7. The van der Waals surface area contributed by atoms with Gasteiger partial charge in [0.05, 0.1) is 24.3 Å². The van der Waals surface area contributed by atoms with E-state index in [9.17, 15) is 12.6 Å². The second-order valence-corrected chi connectivity index (χ2v) is 6.16. The molecule has 0 amide bonds. The second-order valence-electron chi connectivity index (χ2n) is 3.10. The van der Waals surface area contributed by atoms with Gasteiger partial charge >= 0.3 is 5.97 Å². The van der Waals surface area contributed by atoms with Gasteiger partial charge in [0.1, 0.15) is 5.75 Å². The van der Waals surface area contributed by atoms with Crippen LogP contribution in [0.5, 0.6) is 5.75 Å². The van der Waals surface area contributed by atoms with E-state index in [1.165, 1.54) is 0 Å². The normalized spacial score (nSPS) is 11.2. The van der Waals surface area contributed by atoms with Gasteiger partial charge in [-0.2, -0.15) is 7.77 Å². The van der Waals surface area contributed by atoms with Crippen LogP contribution < -0.4 is 4.74 Å². The monoisotopic (exact) mass is 298 g/mol. The molecular weight excluding hydrogens is 290 g/mol. The highest BCUT2D eigenvalue weighted by Gasteiger charge is 2.32. The summed E-state index contributed by atoms with van der Waals surface area (Å²) < 4.78 is 27.8. The third-order valence-corrected chi connectivity index (χ3v) is 3.62. The number of benzene rings is 1. The lowest BCUT2D eigenvalue weighted by Gasteiger charge is -2.15. The van der Waals surface area contributed by atoms with E-state index in [1.807, 2.05) is 0 Å². The standard InChI is InChI=1S/C10H9ClF2O2S2/c11-10(16-12,17-13)7-6-9(14)15-8-4-2-1-3-5-8/h1-5H,6-7H2. The Kier molecular flexibility index (Phi) is 6.08. The van der Waals surface area contributed by atoms with Crippen LogP contribution in [-0.4, -0.2) is 9.51 Å². The van der Waals surface area contributed by atoms with Crippen molar-refractivity contribution >= 4 is 41.9 Å². The van der Waals surface area contributed by atoms with Crippen LogP contribution in [0.4, 0.5) is 7.77 Å². The summed E-state index contributed by atoms with van der Waals surface area (Å²) >= 11 is 4.86. The van der Waals surface area contributed by atoms with Crippen LogP contribution in [0.25, 0.3) is 0 Å². The minimum atomic E-state index is -1.77. The van der Waals surface area contributed by atoms with Gasteiger partial charge in [-0.25, -0.2) is 0 Å². The summed E-state index contributed by atoms with van der Waals surface area (Å²) in [5, 5.41) is 0. The molecule has 0 N–H and O–H groups in total. The topological polar surface area (TPSA) is 26.3 Å². The summed E-state index contributed by atoms with van der Waals surface area (Å²) in [6, 6.07) is 8.42. The van der Waals surface area contributed by atoms with Crippen molar-refractivity contribution in [3.8, 4) is 5.75 Å². The molecule has 0 radical (unpaired) electrons. The lowest BCUT2D eigenvalue weighted by atomic mass is 10.3. The molecule has 1 aromatic carbocycles. The highest BCUT2D eigenvalue weighted by atomic mass is 35.5. The second kappa shape index (κ2) is 7.08. The zero-order valence-electron chi connectivity index (χ0n) is 8.57. The molecule has 1 aromatic rings. The molecule has 0 spiro atoms. The van der Waals surface area contributed by atoms with Crippen molar-refractivity contribution < 1.29 is 17.3 Å². The Labute approximate surface area is 112 Å². The lowest BCUT2D eigenvalue weighted by molar-refractivity contribution is -0.134. The summed E-state index contributed by atoms with van der Waals surface area (Å²) in [6.45, 7) is 0. The fourth-order valence-electron chi connectivity index (χ4n) is 1.01. The molecule has 0 bridgehead atoms. The molecular formula is C10H9ClF2O2S2. The SMILES string of the molecule is O=C(CCC(Cl)(SF)SF)Oc1ccccc1. The smallest absolute Gasteiger partial charge is 0.311 e. The van der Waals surface area contributed by atoms with Crippen molar-refractivity contribution in [2.45, 2.75) is 16.4 Å². The molecule has 0 atom stereocenters. The first kappa shape index (κ1) is 14.6. The van der Waals surface area contributed by atoms with E-state index in [-0.39, 0.29) is 37.1 Å². The average molecular weight is 299 g/mol. The molecule has 0 aromatic heterocycles. The van der Waals surface area contributed by atoms with Crippen molar-refractivity contribution in [1.82, 2.24) is 0 Å². The van der Waals surface area contributed by atoms with E-state index in [4.69, 9.17) is 16.3 Å². The molecule has 2 nitrogen and oxygen atoms in total. The number of carbonyl (C=O) groups excluding carboxylic acids is 1. The van der Waals surface area contributed by atoms with Gasteiger partial charge in [0.15, 0.2) is 3.54 Å². The van der Waals surface area contributed by atoms with E-state index in [0.29, 0.717) is 5.75 Å². The summed E-state index contributed by atoms with van der Waals surface area (Å²) in [7, 11) is 0. The minimum Gasteiger partial charge on any atom is -0.427 e. The van der Waals surface area contributed by atoms with E-state index >= 15 is 0 Å². The molecule has 0 heterocycles. The van der Waals surface area contributed by atoms with Crippen molar-refractivity contribution in [2.75, 3.05) is 0 Å². The maximum Gasteiger partial charge on any atom is 0.311 e. The van der Waals surface area contributed by atoms with Gasteiger partial charge in [-0.05, 0) is 12.1 Å². The summed E-state index contributed by atoms with van der Waals surface area (Å²) in [5.41, 5.74) is 0. The molecule has 0 unspecified atom stereocenters. The number of alkyl halides is 1. The lowest BCUT2D eigenvalue weighted by Crippen LogP contribution is -2.14. The number of esters is 1. The van der Waals surface area contributed by atoms with E-state index in [2.05, 4.69) is 0 Å². The molecule has 0 aliphatic rings. The molecule has 7 heteroatoms. The first-order valence-electron chi connectivity index (χ1n) is 4.64. The Hall–Kier alpha value is -0.460. The fourth-order valence-corrected chi connectivity index (χ4v) is 1.56. The Morgan fingerprint density at radius 1 is 1.29 bits per heavy atom. The summed E-state index contributed by atoms with van der Waals surface area (Å²) in [6.07, 6.45) is -0.325. The van der Waals surface area contributed by atoms with Crippen LogP contribution in [0.3, 0.4) is 0 Å². The maximum absolute atomic E-state index is 12.3. The van der Waals surface area contributed by atoms with E-state index in [1.54, 1.807) is 30.3 Å². The van der Waals surface area contributed by atoms with E-state index < -0.39 is 9.51 Å². The van der Waals surface area contributed by atoms with Crippen LogP contribution in [0.2, 0.25) is 0 Å². The number of hydrogen-bond donors (Lipinski definition) is 0. The Balaban J connectivity index is 2.41. The molecule has 17 heavy (non-hydrogen) atoms. The Morgan fingerprint density at radius 3 is 2.41 bits per heavy atom. The predicted octanol–water partition coefficient (Wildman–Crippen LogP) is 4.50. The van der Waals surface area contributed by atoms with Gasteiger partial charge in [-0.1, -0.05) is 29.8 Å². The molecule has 0 aliphatic heterocycles. The summed E-state index contributed by atoms with van der Waals surface area (Å²) in [4.78, 5) is 11.3. The van der Waals surface area contributed by atoms with Crippen molar-refractivity contribution in [3.05, 3.63) is 30.3 Å². The van der Waals surface area contributed by atoms with Gasteiger partial charge < -0.3 is 4.74 Å². The van der Waals surface area contributed by atoms with Gasteiger partial charge in [0.25, 0.3) is 0 Å². The molecule has 0 fully saturated rings. The molecule has 0 saturated carbocycles. The third kappa shape index (κ3) is 5.14. The summed E-state index contributed by atoms with van der Waals surface area (Å²) in [5.74, 6) is -0.192. The van der Waals surface area contributed by atoms with Crippen molar-refractivity contribution in [1.29, 1.82) is 0 Å². The van der Waals surface area contributed by atoms with Crippen molar-refractivity contribution in [2.24, 2.45) is 0 Å². The first-order chi connectivity index (χ1) is 8.09. The average Bonchev–Trinajstić information content (AvgIpc) is 2.37. The largest absolute Gasteiger partial charge is 0.427 e. The van der Waals surface area contributed by atoms with Crippen LogP contribution >= 0.6 is 35.9 Å². The number of hydrogen-bond acceptors (Lipinski definition) is 4. The maximum atomic E-state index is 12.3. The van der Waals surface area contributed by atoms with E-state index in [0.717, 1.165) is 0 Å². The highest BCUT2D eigenvalue weighted by Crippen LogP contribution is 2.46. The van der Waals surface area contributed by atoms with Crippen LogP contribution in [0.1, 0.15) is 12.8 Å². The Morgan fingerprint density at radius 2 is 1.88 bits per heavy atom. The molecule has 0 aliphatic carbocycles. The molecule has 94 valence electrons. The van der Waals surface area contributed by atoms with Crippen LogP contribution in [0.15, 0.2) is 30.3 Å². The number of carbonyl (C=O) groups is 1. The third-order valence-electron chi connectivity index (χ3n) is 1.83. The minimum absolute atomic E-state index is 0.160. The predicted molar refractivity (Wildman–Crippen MR) is 67.3 cm³/mol. The zero-order valence-corrected chi connectivity index (χ0v) is 11.0. The molecule has 1 rings (SSSR count). The van der Waals surface area contributed by atoms with Gasteiger partial charge in [0, 0.05) is 12.8 Å². The van der Waals surface area contributed by atoms with Crippen molar-refractivity contribution in [3.63, 3.8) is 0 Å². The number of para-hydroxylation sites is 1. The molecule has 0 saturated heterocycles. The number of rotatable bonds is 6. The fraction of sp³-hybridized carbons (Fsp3) is 0.300. The van der Waals surface area contributed by atoms with Crippen LogP contribution in [-0.2, 0) is 4.79 Å². The number of halogens is 3.